The summed E-state index contributed by atoms with van der Waals surface area (Å²) >= 11 is 0. The number of amides is 1. The van der Waals surface area contributed by atoms with Crippen LogP contribution in [-0.2, 0) is 11.3 Å². The molecule has 0 radical (unpaired) electrons. The molecule has 4 heterocycles. The van der Waals surface area contributed by atoms with E-state index in [1.54, 1.807) is 6.07 Å². The van der Waals surface area contributed by atoms with Crippen LogP contribution in [0.15, 0.2) is 66.9 Å². The van der Waals surface area contributed by atoms with Gasteiger partial charge in [0, 0.05) is 57.6 Å². The lowest BCUT2D eigenvalue weighted by Crippen LogP contribution is -2.48. The number of carbonyl (C=O) groups is 1. The SMILES string of the molecule is O=C(COc1ccc(N2CCN(c3ccccn3)CC2)nn1)N[C@@H]1CCCN(Cc2ccccc2)C1. The fourth-order valence-electron chi connectivity index (χ4n) is 4.83. The Kier molecular flexibility index (Phi) is 7.87. The van der Waals surface area contributed by atoms with Gasteiger partial charge in [0.2, 0.25) is 5.88 Å². The van der Waals surface area contributed by atoms with E-state index >= 15 is 0 Å². The zero-order chi connectivity index (χ0) is 24.6. The Morgan fingerprint density at radius 1 is 0.889 bits per heavy atom. The van der Waals surface area contributed by atoms with Crippen molar-refractivity contribution in [1.82, 2.24) is 25.4 Å². The van der Waals surface area contributed by atoms with E-state index in [9.17, 15) is 4.79 Å². The highest BCUT2D eigenvalue weighted by Gasteiger charge is 2.22. The summed E-state index contributed by atoms with van der Waals surface area (Å²) in [6, 6.07) is 20.2. The predicted octanol–water partition coefficient (Wildman–Crippen LogP) is 2.36. The number of piperidine rings is 1. The van der Waals surface area contributed by atoms with Crippen molar-refractivity contribution in [2.45, 2.75) is 25.4 Å². The van der Waals surface area contributed by atoms with Gasteiger partial charge in [0.05, 0.1) is 0 Å². The normalized spacial score (nSPS) is 18.6. The monoisotopic (exact) mass is 487 g/mol. The standard InChI is InChI=1S/C27H33N7O2/c35-26(29-23-9-6-14-32(20-23)19-22-7-2-1-3-8-22)21-36-27-12-11-25(30-31-27)34-17-15-33(16-18-34)24-10-4-5-13-28-24/h1-5,7-8,10-13,23H,6,9,14-21H2,(H,29,35)/t23-/m1/s1. The summed E-state index contributed by atoms with van der Waals surface area (Å²) in [6.07, 6.45) is 3.88. The minimum absolute atomic E-state index is 0.0635. The molecule has 1 N–H and O–H groups in total. The summed E-state index contributed by atoms with van der Waals surface area (Å²) in [7, 11) is 0. The van der Waals surface area contributed by atoms with E-state index in [-0.39, 0.29) is 18.6 Å². The summed E-state index contributed by atoms with van der Waals surface area (Å²) in [4.78, 5) is 23.8. The van der Waals surface area contributed by atoms with Gasteiger partial charge in [-0.1, -0.05) is 36.4 Å². The van der Waals surface area contributed by atoms with Gasteiger partial charge in [0.25, 0.3) is 5.91 Å². The van der Waals surface area contributed by atoms with Crippen LogP contribution in [0.25, 0.3) is 0 Å². The molecule has 0 unspecified atom stereocenters. The maximum absolute atomic E-state index is 12.5. The molecule has 0 bridgehead atoms. The van der Waals surface area contributed by atoms with Gasteiger partial charge in [-0.05, 0) is 43.1 Å². The predicted molar refractivity (Wildman–Crippen MR) is 139 cm³/mol. The van der Waals surface area contributed by atoms with Crippen LogP contribution in [0.3, 0.4) is 0 Å². The maximum atomic E-state index is 12.5. The summed E-state index contributed by atoms with van der Waals surface area (Å²) in [5.74, 6) is 2.05. The molecule has 2 aliphatic heterocycles. The van der Waals surface area contributed by atoms with Crippen LogP contribution in [0, 0.1) is 0 Å². The third kappa shape index (κ3) is 6.48. The van der Waals surface area contributed by atoms with Gasteiger partial charge in [-0.3, -0.25) is 9.69 Å². The fraction of sp³-hybridized carbons (Fsp3) is 0.407. The highest BCUT2D eigenvalue weighted by Crippen LogP contribution is 2.18. The Hall–Kier alpha value is -3.72. The quantitative estimate of drug-likeness (QED) is 0.518. The van der Waals surface area contributed by atoms with Crippen molar-refractivity contribution in [2.75, 3.05) is 55.7 Å². The lowest BCUT2D eigenvalue weighted by Gasteiger charge is -2.35. The third-order valence-electron chi connectivity index (χ3n) is 6.67. The van der Waals surface area contributed by atoms with Crippen molar-refractivity contribution in [3.63, 3.8) is 0 Å². The molecule has 1 amide bonds. The first-order valence-corrected chi connectivity index (χ1v) is 12.7. The van der Waals surface area contributed by atoms with Gasteiger partial charge in [0.15, 0.2) is 12.4 Å². The first-order chi connectivity index (χ1) is 17.7. The lowest BCUT2D eigenvalue weighted by molar-refractivity contribution is -0.124. The molecule has 3 aromatic rings. The van der Waals surface area contributed by atoms with Crippen LogP contribution >= 0.6 is 0 Å². The Labute approximate surface area is 212 Å². The van der Waals surface area contributed by atoms with Crippen molar-refractivity contribution in [3.8, 4) is 5.88 Å². The van der Waals surface area contributed by atoms with Gasteiger partial charge < -0.3 is 19.9 Å². The number of benzene rings is 1. The van der Waals surface area contributed by atoms with E-state index in [0.717, 1.165) is 70.3 Å². The van der Waals surface area contributed by atoms with E-state index in [2.05, 4.69) is 59.5 Å². The molecular weight excluding hydrogens is 454 g/mol. The second kappa shape index (κ2) is 11.8. The van der Waals surface area contributed by atoms with Crippen LogP contribution in [0.2, 0.25) is 0 Å². The average molecular weight is 488 g/mol. The number of likely N-dealkylation sites (tertiary alicyclic amines) is 1. The number of aromatic nitrogens is 3. The molecule has 1 aromatic carbocycles. The topological polar surface area (TPSA) is 86.7 Å². The molecule has 2 saturated heterocycles. The number of nitrogens with one attached hydrogen (secondary N) is 1. The number of anilines is 2. The number of pyridine rings is 1. The first-order valence-electron chi connectivity index (χ1n) is 12.7. The minimum Gasteiger partial charge on any atom is -0.466 e. The highest BCUT2D eigenvalue weighted by atomic mass is 16.5. The highest BCUT2D eigenvalue weighted by molar-refractivity contribution is 5.77. The van der Waals surface area contributed by atoms with Crippen molar-refractivity contribution in [3.05, 3.63) is 72.4 Å². The molecule has 2 aromatic heterocycles. The fourth-order valence-corrected chi connectivity index (χ4v) is 4.83. The molecule has 1 atom stereocenters. The Bertz CT molecular complexity index is 1090. The molecule has 9 nitrogen and oxygen atoms in total. The van der Waals surface area contributed by atoms with Crippen LogP contribution in [0.1, 0.15) is 18.4 Å². The first kappa shape index (κ1) is 24.0. The van der Waals surface area contributed by atoms with Crippen molar-refractivity contribution in [2.24, 2.45) is 0 Å². The summed E-state index contributed by atoms with van der Waals surface area (Å²) in [6.45, 7) is 6.19. The number of hydrogen-bond acceptors (Lipinski definition) is 8. The molecule has 2 aliphatic rings. The summed E-state index contributed by atoms with van der Waals surface area (Å²) in [5, 5.41) is 11.6. The number of carbonyl (C=O) groups excluding carboxylic acids is 1. The Morgan fingerprint density at radius 2 is 1.67 bits per heavy atom. The zero-order valence-corrected chi connectivity index (χ0v) is 20.5. The van der Waals surface area contributed by atoms with Crippen LogP contribution < -0.4 is 19.9 Å². The van der Waals surface area contributed by atoms with Gasteiger partial charge in [-0.15, -0.1) is 10.2 Å². The van der Waals surface area contributed by atoms with E-state index in [4.69, 9.17) is 4.74 Å². The minimum atomic E-state index is -0.127. The number of nitrogens with zero attached hydrogens (tertiary/aromatic N) is 6. The molecule has 0 spiro atoms. The largest absolute Gasteiger partial charge is 0.466 e. The van der Waals surface area contributed by atoms with E-state index in [0.29, 0.717) is 5.88 Å². The summed E-state index contributed by atoms with van der Waals surface area (Å²) in [5.41, 5.74) is 1.30. The lowest BCUT2D eigenvalue weighted by atomic mass is 10.0. The van der Waals surface area contributed by atoms with Crippen LogP contribution in [0.5, 0.6) is 5.88 Å². The summed E-state index contributed by atoms with van der Waals surface area (Å²) < 4.78 is 5.61. The Balaban J connectivity index is 1.04. The van der Waals surface area contributed by atoms with Crippen molar-refractivity contribution in [1.29, 1.82) is 0 Å². The van der Waals surface area contributed by atoms with Crippen LogP contribution in [-0.4, -0.2) is 77.9 Å². The molecule has 2 fully saturated rings. The van der Waals surface area contributed by atoms with Crippen molar-refractivity contribution >= 4 is 17.5 Å². The smallest absolute Gasteiger partial charge is 0.258 e. The second-order valence-corrected chi connectivity index (χ2v) is 9.31. The molecule has 0 saturated carbocycles. The van der Waals surface area contributed by atoms with Crippen molar-refractivity contribution < 1.29 is 9.53 Å². The van der Waals surface area contributed by atoms with Gasteiger partial charge in [0.1, 0.15) is 5.82 Å². The van der Waals surface area contributed by atoms with E-state index < -0.39 is 0 Å². The van der Waals surface area contributed by atoms with Gasteiger partial charge in [-0.25, -0.2) is 4.98 Å². The maximum Gasteiger partial charge on any atom is 0.258 e. The Morgan fingerprint density at radius 3 is 2.39 bits per heavy atom. The molecule has 188 valence electrons. The molecule has 9 heteroatoms. The van der Waals surface area contributed by atoms with Gasteiger partial charge in [-0.2, -0.15) is 0 Å². The van der Waals surface area contributed by atoms with Gasteiger partial charge >= 0.3 is 0 Å². The molecule has 5 rings (SSSR count). The average Bonchev–Trinajstić information content (AvgIpc) is 2.94. The zero-order valence-electron chi connectivity index (χ0n) is 20.5. The number of hydrogen-bond donors (Lipinski definition) is 1. The molecule has 0 aliphatic carbocycles. The third-order valence-corrected chi connectivity index (χ3v) is 6.67. The number of rotatable bonds is 8. The molecule has 36 heavy (non-hydrogen) atoms. The van der Waals surface area contributed by atoms with E-state index in [1.807, 2.05) is 36.5 Å². The number of piperazine rings is 1. The number of ether oxygens (including phenoxy) is 1. The van der Waals surface area contributed by atoms with Crippen LogP contribution in [0.4, 0.5) is 11.6 Å². The molecular formula is C27H33N7O2. The van der Waals surface area contributed by atoms with E-state index in [1.165, 1.54) is 5.56 Å². The second-order valence-electron chi connectivity index (χ2n) is 9.31.